The summed E-state index contributed by atoms with van der Waals surface area (Å²) in [5, 5.41) is 19.9. The fourth-order valence-corrected chi connectivity index (χ4v) is 8.07. The first-order chi connectivity index (χ1) is 31.4. The number of rotatable bonds is 15. The maximum absolute atomic E-state index is 14.7. The monoisotopic (exact) mass is 887 g/mol. The van der Waals surface area contributed by atoms with E-state index in [1.165, 1.54) is 36.2 Å². The fourth-order valence-electron chi connectivity index (χ4n) is 8.07. The largest absolute Gasteiger partial charge is 0.492 e. The Morgan fingerprint density at radius 2 is 1.60 bits per heavy atom. The van der Waals surface area contributed by atoms with E-state index >= 15 is 0 Å². The zero-order valence-electron chi connectivity index (χ0n) is 36.9. The molecule has 18 heteroatoms. The second kappa shape index (κ2) is 22.1. The summed E-state index contributed by atoms with van der Waals surface area (Å²) in [7, 11) is 1.42. The van der Waals surface area contributed by atoms with Gasteiger partial charge in [0.1, 0.15) is 55.4 Å². The molecule has 0 fully saturated rings. The van der Waals surface area contributed by atoms with Gasteiger partial charge in [0, 0.05) is 49.4 Å². The molecule has 2 aliphatic rings. The molecule has 1 aromatic heterocycles. The van der Waals surface area contributed by atoms with Crippen LogP contribution in [0.25, 0.3) is 22.5 Å². The molecular formula is C47H57N11O7. The summed E-state index contributed by atoms with van der Waals surface area (Å²) in [5.74, 6) is -2.07. The van der Waals surface area contributed by atoms with Gasteiger partial charge >= 0.3 is 0 Å². The molecule has 4 bridgehead atoms. The molecule has 4 atom stereocenters. The predicted molar refractivity (Wildman–Crippen MR) is 242 cm³/mol. The first-order valence-corrected chi connectivity index (χ1v) is 21.8. The van der Waals surface area contributed by atoms with E-state index in [0.717, 1.165) is 31.2 Å². The lowest BCUT2D eigenvalue weighted by molar-refractivity contribution is -0.141. The minimum Gasteiger partial charge on any atom is -0.492 e. The normalized spacial score (nSPS) is 17.5. The van der Waals surface area contributed by atoms with E-state index in [9.17, 15) is 24.0 Å². The summed E-state index contributed by atoms with van der Waals surface area (Å²) in [4.78, 5) is 80.6. The quantitative estimate of drug-likeness (QED) is 0.0835. The summed E-state index contributed by atoms with van der Waals surface area (Å²) < 4.78 is 12.2. The number of fused-ring (bicyclic) bond motifs is 6. The van der Waals surface area contributed by atoms with Crippen molar-refractivity contribution in [1.82, 2.24) is 36.1 Å². The van der Waals surface area contributed by atoms with Crippen LogP contribution in [0, 0.1) is 18.3 Å². The molecule has 3 aromatic carbocycles. The highest BCUT2D eigenvalue weighted by atomic mass is 16.5. The van der Waals surface area contributed by atoms with E-state index in [2.05, 4.69) is 43.4 Å². The molecule has 2 heterocycles. The Morgan fingerprint density at radius 1 is 0.908 bits per heavy atom. The van der Waals surface area contributed by atoms with Crippen LogP contribution >= 0.6 is 0 Å². The van der Waals surface area contributed by atoms with Crippen molar-refractivity contribution in [2.45, 2.75) is 76.5 Å². The highest BCUT2D eigenvalue weighted by molar-refractivity contribution is 6.00. The van der Waals surface area contributed by atoms with Crippen molar-refractivity contribution in [2.75, 3.05) is 46.4 Å². The van der Waals surface area contributed by atoms with E-state index in [1.807, 2.05) is 12.1 Å². The molecule has 0 unspecified atom stereocenters. The Hall–Kier alpha value is -6.94. The molecule has 65 heavy (non-hydrogen) atoms. The first kappa shape index (κ1) is 47.5. The molecule has 6 rings (SSSR count). The van der Waals surface area contributed by atoms with Crippen LogP contribution in [0.4, 0.5) is 0 Å². The van der Waals surface area contributed by atoms with Gasteiger partial charge < -0.3 is 52.8 Å². The first-order valence-electron chi connectivity index (χ1n) is 21.8. The number of nitriles is 1. The number of nitrogens with two attached hydrogens (primary N) is 3. The highest BCUT2D eigenvalue weighted by Gasteiger charge is 2.36. The van der Waals surface area contributed by atoms with Gasteiger partial charge in [0.2, 0.25) is 23.6 Å². The van der Waals surface area contributed by atoms with E-state index in [-0.39, 0.29) is 57.8 Å². The van der Waals surface area contributed by atoms with Crippen molar-refractivity contribution in [3.8, 4) is 40.1 Å². The summed E-state index contributed by atoms with van der Waals surface area (Å²) in [6.45, 7) is 3.53. The van der Waals surface area contributed by atoms with Gasteiger partial charge in [0.05, 0.1) is 17.3 Å². The van der Waals surface area contributed by atoms with Crippen LogP contribution in [0.3, 0.4) is 0 Å². The number of benzene rings is 3. The minimum absolute atomic E-state index is 0.00502. The molecule has 0 radical (unpaired) electrons. The Labute approximate surface area is 378 Å². The number of carbonyl (C=O) groups is 5. The third kappa shape index (κ3) is 11.4. The average molecular weight is 888 g/mol. The van der Waals surface area contributed by atoms with Crippen LogP contribution in [0.1, 0.15) is 70.5 Å². The summed E-state index contributed by atoms with van der Waals surface area (Å²) in [6.07, 6.45) is 5.77. The molecule has 10 N–H and O–H groups in total. The smallest absolute Gasteiger partial charge is 0.255 e. The van der Waals surface area contributed by atoms with Gasteiger partial charge in [0.25, 0.3) is 5.91 Å². The molecular weight excluding hydrogens is 831 g/mol. The fraction of sp³-hybridized carbons (Fsp3) is 0.404. The van der Waals surface area contributed by atoms with Gasteiger partial charge in [-0.3, -0.25) is 24.0 Å². The van der Waals surface area contributed by atoms with Crippen LogP contribution in [0.15, 0.2) is 60.8 Å². The van der Waals surface area contributed by atoms with Gasteiger partial charge in [0.15, 0.2) is 5.82 Å². The minimum atomic E-state index is -1.40. The number of carbonyl (C=O) groups excluding carboxylic acids is 5. The Balaban J connectivity index is 1.37. The molecule has 0 saturated carbocycles. The maximum atomic E-state index is 14.7. The molecule has 4 aromatic rings. The van der Waals surface area contributed by atoms with E-state index in [1.54, 1.807) is 43.3 Å². The topological polar surface area (TPSA) is 283 Å². The van der Waals surface area contributed by atoms with Crippen LogP contribution in [-0.4, -0.2) is 109 Å². The molecule has 5 amide bonds. The molecule has 0 spiro atoms. The van der Waals surface area contributed by atoms with Gasteiger partial charge in [-0.2, -0.15) is 5.26 Å². The number of nitrogens with one attached hydrogen (secondary N) is 4. The Bertz CT molecular complexity index is 2460. The number of ether oxygens (including phenoxy) is 2. The maximum Gasteiger partial charge on any atom is 0.255 e. The summed E-state index contributed by atoms with van der Waals surface area (Å²) in [6, 6.07) is 13.3. The lowest BCUT2D eigenvalue weighted by atomic mass is 9.90. The third-order valence-corrected chi connectivity index (χ3v) is 11.4. The van der Waals surface area contributed by atoms with Crippen LogP contribution in [0.5, 0.6) is 11.5 Å². The van der Waals surface area contributed by atoms with E-state index in [4.69, 9.17) is 31.9 Å². The highest BCUT2D eigenvalue weighted by Crippen LogP contribution is 2.40. The van der Waals surface area contributed by atoms with Gasteiger partial charge in [-0.15, -0.1) is 0 Å². The van der Waals surface area contributed by atoms with Gasteiger partial charge in [-0.1, -0.05) is 24.3 Å². The summed E-state index contributed by atoms with van der Waals surface area (Å²) >= 11 is 0. The second-order valence-electron chi connectivity index (χ2n) is 16.1. The number of likely N-dealkylation sites (N-methyl/N-ethyl adjacent to an activating group) is 1. The molecule has 342 valence electrons. The lowest BCUT2D eigenvalue weighted by Gasteiger charge is -2.32. The average Bonchev–Trinajstić information content (AvgIpc) is 3.31. The molecule has 1 aliphatic heterocycles. The van der Waals surface area contributed by atoms with E-state index in [0.29, 0.717) is 45.3 Å². The van der Waals surface area contributed by atoms with Crippen molar-refractivity contribution in [1.29, 1.82) is 5.26 Å². The number of nitrogens with zero attached hydrogens (tertiary/aromatic N) is 4. The van der Waals surface area contributed by atoms with Crippen LogP contribution < -0.4 is 47.9 Å². The van der Waals surface area contributed by atoms with Crippen molar-refractivity contribution in [2.24, 2.45) is 17.2 Å². The van der Waals surface area contributed by atoms with Crippen molar-refractivity contribution in [3.63, 3.8) is 0 Å². The van der Waals surface area contributed by atoms with Crippen LogP contribution in [0.2, 0.25) is 0 Å². The zero-order chi connectivity index (χ0) is 46.6. The standard InChI is InChI=1S/C47H57N11O7/c1-27-36(26-53-42(54-27)33-10-9-30-6-4-5-7-31(30)24-33)44(60)56-37(14-15-48)47(63)58(3)41-32-11-13-40(65-21-18-51)35(25-32)34-22-29(8-12-39(34)64-20-17-50)23-38(45(61)52-19-16-49)57-43(59)28(2)55-46(41)62/h8-13,22,24-26,28,37-38,41H,4-7,14-15,17-21,23,48,50-51H2,1-3H3,(H,52,61)(H,55,62)(H,56,60)(H,57,59)/t28-,37-,38-,41-/m0/s1. The van der Waals surface area contributed by atoms with Crippen molar-refractivity contribution < 1.29 is 33.4 Å². The SMILES string of the molecule is Cc1nc(-c2ccc3c(c2)CCCC3)ncc1C(=O)N[C@@H](CCN)C(=O)N(C)[C@@H]1C(=O)N[C@@H](C)C(=O)N[C@H](C(=O)NCC#N)Cc2ccc(OCCN)c(c2)-c2cc1ccc2OCCN. The lowest BCUT2D eigenvalue weighted by Crippen LogP contribution is -2.56. The van der Waals surface area contributed by atoms with Gasteiger partial charge in [-0.05, 0) is 105 Å². The number of aryl methyl sites for hydroxylation is 3. The number of hydrogen-bond acceptors (Lipinski definition) is 13. The Morgan fingerprint density at radius 3 is 2.28 bits per heavy atom. The number of amides is 5. The zero-order valence-corrected chi connectivity index (χ0v) is 36.9. The summed E-state index contributed by atoms with van der Waals surface area (Å²) in [5.41, 5.74) is 23.6. The van der Waals surface area contributed by atoms with Crippen molar-refractivity contribution >= 4 is 29.5 Å². The number of aromatic nitrogens is 2. The van der Waals surface area contributed by atoms with E-state index < -0.39 is 53.7 Å². The van der Waals surface area contributed by atoms with Crippen LogP contribution in [-0.2, 0) is 38.4 Å². The molecule has 0 saturated heterocycles. The Kier molecular flexibility index (Phi) is 16.2. The molecule has 18 nitrogen and oxygen atoms in total. The second-order valence-corrected chi connectivity index (χ2v) is 16.1. The third-order valence-electron chi connectivity index (χ3n) is 11.4. The predicted octanol–water partition coefficient (Wildman–Crippen LogP) is 1.51. The van der Waals surface area contributed by atoms with Gasteiger partial charge in [-0.25, -0.2) is 9.97 Å². The van der Waals surface area contributed by atoms with Crippen molar-refractivity contribution in [3.05, 3.63) is 94.3 Å². The molecule has 1 aliphatic carbocycles. The number of hydrogen-bond donors (Lipinski definition) is 7.